The van der Waals surface area contributed by atoms with Gasteiger partial charge in [0.1, 0.15) is 24.4 Å². The van der Waals surface area contributed by atoms with E-state index in [2.05, 4.69) is 0 Å². The summed E-state index contributed by atoms with van der Waals surface area (Å²) in [6, 6.07) is 19.7. The first kappa shape index (κ1) is 19.5. The number of hydrogen-bond donors (Lipinski definition) is 1. The van der Waals surface area contributed by atoms with E-state index in [0.29, 0.717) is 19.8 Å². The minimum atomic E-state index is -1.12. The van der Waals surface area contributed by atoms with Gasteiger partial charge in [-0.05, 0) is 18.1 Å². The third-order valence-electron chi connectivity index (χ3n) is 5.02. The third-order valence-corrected chi connectivity index (χ3v) is 5.02. The average molecular weight is 386 g/mol. The monoisotopic (exact) mass is 386 g/mol. The van der Waals surface area contributed by atoms with Crippen LogP contribution in [0.2, 0.25) is 0 Å². The van der Waals surface area contributed by atoms with Gasteiger partial charge in [0.05, 0.1) is 19.8 Å². The SMILES string of the molecule is C[C@H]1OC[C@H]2O[C@@H](O)[C@H](OCc3ccccc3)[C@@H](OCc3ccccc3)[C@@H]2O1. The molecule has 0 radical (unpaired) electrons. The number of aliphatic hydroxyl groups is 1. The normalized spacial score (nSPS) is 32.6. The second-order valence-electron chi connectivity index (χ2n) is 7.09. The molecule has 6 atom stereocenters. The van der Waals surface area contributed by atoms with Crippen molar-refractivity contribution in [2.45, 2.75) is 57.1 Å². The van der Waals surface area contributed by atoms with E-state index in [4.69, 9.17) is 23.7 Å². The molecule has 6 heteroatoms. The highest BCUT2D eigenvalue weighted by molar-refractivity contribution is 5.14. The van der Waals surface area contributed by atoms with Gasteiger partial charge in [-0.15, -0.1) is 0 Å². The van der Waals surface area contributed by atoms with Crippen LogP contribution in [0.4, 0.5) is 0 Å². The summed E-state index contributed by atoms with van der Waals surface area (Å²) < 4.78 is 29.5. The zero-order chi connectivity index (χ0) is 19.3. The van der Waals surface area contributed by atoms with Gasteiger partial charge in [-0.1, -0.05) is 60.7 Å². The molecule has 0 amide bonds. The Bertz CT molecular complexity index is 724. The Morgan fingerprint density at radius 2 is 1.43 bits per heavy atom. The van der Waals surface area contributed by atoms with E-state index < -0.39 is 24.6 Å². The predicted octanol–water partition coefficient (Wildman–Crippen LogP) is 2.64. The van der Waals surface area contributed by atoms with Crippen LogP contribution in [0.15, 0.2) is 60.7 Å². The largest absolute Gasteiger partial charge is 0.368 e. The molecule has 2 aromatic carbocycles. The van der Waals surface area contributed by atoms with Crippen LogP contribution in [-0.4, -0.2) is 48.7 Å². The molecule has 2 aliphatic heterocycles. The van der Waals surface area contributed by atoms with E-state index in [-0.39, 0.29) is 12.4 Å². The predicted molar refractivity (Wildman–Crippen MR) is 101 cm³/mol. The van der Waals surface area contributed by atoms with Gasteiger partial charge in [0.15, 0.2) is 12.6 Å². The maximum atomic E-state index is 10.6. The first-order valence-corrected chi connectivity index (χ1v) is 9.62. The van der Waals surface area contributed by atoms with Crippen molar-refractivity contribution in [2.24, 2.45) is 0 Å². The molecule has 0 bridgehead atoms. The van der Waals surface area contributed by atoms with E-state index in [1.807, 2.05) is 67.6 Å². The quantitative estimate of drug-likeness (QED) is 0.823. The summed E-state index contributed by atoms with van der Waals surface area (Å²) in [6.45, 7) is 2.93. The molecule has 2 aliphatic rings. The van der Waals surface area contributed by atoms with Gasteiger partial charge in [0.2, 0.25) is 0 Å². The summed E-state index contributed by atoms with van der Waals surface area (Å²) in [6.07, 6.45) is -3.41. The summed E-state index contributed by atoms with van der Waals surface area (Å²) in [7, 11) is 0. The number of ether oxygens (including phenoxy) is 5. The zero-order valence-electron chi connectivity index (χ0n) is 15.8. The van der Waals surface area contributed by atoms with Crippen LogP contribution < -0.4 is 0 Å². The fourth-order valence-corrected chi connectivity index (χ4v) is 3.59. The molecule has 2 heterocycles. The van der Waals surface area contributed by atoms with Crippen molar-refractivity contribution in [3.63, 3.8) is 0 Å². The second kappa shape index (κ2) is 9.13. The Morgan fingerprint density at radius 1 is 0.857 bits per heavy atom. The molecule has 1 N–H and O–H groups in total. The molecule has 0 aromatic heterocycles. The highest BCUT2D eigenvalue weighted by Gasteiger charge is 2.50. The lowest BCUT2D eigenvalue weighted by molar-refractivity contribution is -0.361. The van der Waals surface area contributed by atoms with Crippen molar-refractivity contribution in [1.29, 1.82) is 0 Å². The first-order valence-electron chi connectivity index (χ1n) is 9.62. The third kappa shape index (κ3) is 4.60. The molecule has 2 fully saturated rings. The molecule has 0 spiro atoms. The Kier molecular flexibility index (Phi) is 6.36. The zero-order valence-corrected chi connectivity index (χ0v) is 15.8. The molecule has 6 nitrogen and oxygen atoms in total. The molecule has 0 aliphatic carbocycles. The molecular weight excluding hydrogens is 360 g/mol. The summed E-state index contributed by atoms with van der Waals surface area (Å²) >= 11 is 0. The average Bonchev–Trinajstić information content (AvgIpc) is 2.73. The van der Waals surface area contributed by atoms with Gasteiger partial charge in [0, 0.05) is 0 Å². The van der Waals surface area contributed by atoms with Gasteiger partial charge >= 0.3 is 0 Å². The van der Waals surface area contributed by atoms with E-state index in [9.17, 15) is 5.11 Å². The maximum absolute atomic E-state index is 10.6. The standard InChI is InChI=1S/C22H26O6/c1-15-24-14-18-19(27-15)20(25-12-16-8-4-2-5-9-16)21(22(23)28-18)26-13-17-10-6-3-7-11-17/h2-11,15,18-23H,12-14H2,1H3/t15-,18+,19+,20-,21+,22+/m0/s1. The van der Waals surface area contributed by atoms with Crippen molar-refractivity contribution in [3.05, 3.63) is 71.8 Å². The van der Waals surface area contributed by atoms with Crippen LogP contribution >= 0.6 is 0 Å². The van der Waals surface area contributed by atoms with E-state index in [0.717, 1.165) is 11.1 Å². The minimum Gasteiger partial charge on any atom is -0.368 e. The van der Waals surface area contributed by atoms with Crippen LogP contribution in [0.3, 0.4) is 0 Å². The highest BCUT2D eigenvalue weighted by atomic mass is 16.7. The van der Waals surface area contributed by atoms with E-state index >= 15 is 0 Å². The number of rotatable bonds is 6. The summed E-state index contributed by atoms with van der Waals surface area (Å²) in [5.41, 5.74) is 2.06. The number of hydrogen-bond acceptors (Lipinski definition) is 6. The molecule has 0 unspecified atom stereocenters. The van der Waals surface area contributed by atoms with Crippen molar-refractivity contribution in [1.82, 2.24) is 0 Å². The summed E-state index contributed by atoms with van der Waals surface area (Å²) in [5.74, 6) is 0. The van der Waals surface area contributed by atoms with Gasteiger partial charge < -0.3 is 28.8 Å². The number of benzene rings is 2. The van der Waals surface area contributed by atoms with Crippen molar-refractivity contribution in [3.8, 4) is 0 Å². The molecular formula is C22H26O6. The molecule has 0 saturated carbocycles. The van der Waals surface area contributed by atoms with Crippen LogP contribution in [-0.2, 0) is 36.9 Å². The summed E-state index contributed by atoms with van der Waals surface area (Å²) in [5, 5.41) is 10.6. The lowest BCUT2D eigenvalue weighted by Crippen LogP contribution is -2.63. The van der Waals surface area contributed by atoms with Crippen LogP contribution in [0.25, 0.3) is 0 Å². The second-order valence-corrected chi connectivity index (χ2v) is 7.09. The van der Waals surface area contributed by atoms with Gasteiger partial charge in [-0.3, -0.25) is 0 Å². The van der Waals surface area contributed by atoms with Crippen molar-refractivity contribution < 1.29 is 28.8 Å². The molecule has 2 saturated heterocycles. The van der Waals surface area contributed by atoms with Crippen LogP contribution in [0, 0.1) is 0 Å². The Hall–Kier alpha value is -1.80. The van der Waals surface area contributed by atoms with Crippen molar-refractivity contribution in [2.75, 3.05) is 6.61 Å². The smallest absolute Gasteiger partial charge is 0.184 e. The van der Waals surface area contributed by atoms with Gasteiger partial charge in [-0.2, -0.15) is 0 Å². The topological polar surface area (TPSA) is 66.4 Å². The molecule has 2 aromatic rings. The summed E-state index contributed by atoms with van der Waals surface area (Å²) in [4.78, 5) is 0. The highest BCUT2D eigenvalue weighted by Crippen LogP contribution is 2.32. The molecule has 150 valence electrons. The molecule has 4 rings (SSSR count). The maximum Gasteiger partial charge on any atom is 0.184 e. The number of aliphatic hydroxyl groups excluding tert-OH is 1. The van der Waals surface area contributed by atoms with Crippen LogP contribution in [0.5, 0.6) is 0 Å². The Balaban J connectivity index is 1.50. The van der Waals surface area contributed by atoms with Crippen LogP contribution in [0.1, 0.15) is 18.1 Å². The fraction of sp³-hybridized carbons (Fsp3) is 0.455. The Labute approximate surface area is 164 Å². The van der Waals surface area contributed by atoms with Gasteiger partial charge in [-0.25, -0.2) is 0 Å². The first-order chi connectivity index (χ1) is 13.7. The van der Waals surface area contributed by atoms with E-state index in [1.165, 1.54) is 0 Å². The lowest BCUT2D eigenvalue weighted by Gasteiger charge is -2.47. The molecule has 28 heavy (non-hydrogen) atoms. The Morgan fingerprint density at radius 3 is 2.04 bits per heavy atom. The lowest BCUT2D eigenvalue weighted by atomic mass is 9.97. The number of fused-ring (bicyclic) bond motifs is 1. The minimum absolute atomic E-state index is 0.347. The van der Waals surface area contributed by atoms with E-state index in [1.54, 1.807) is 0 Å². The van der Waals surface area contributed by atoms with Crippen molar-refractivity contribution >= 4 is 0 Å². The van der Waals surface area contributed by atoms with Gasteiger partial charge in [0.25, 0.3) is 0 Å². The fourth-order valence-electron chi connectivity index (χ4n) is 3.59.